The number of hydrogen-bond acceptors (Lipinski definition) is 3. The van der Waals surface area contributed by atoms with E-state index in [1.807, 2.05) is 12.1 Å². The first-order chi connectivity index (χ1) is 9.72. The molecular formula is C14H10ClFN4. The van der Waals surface area contributed by atoms with E-state index in [1.54, 1.807) is 30.3 Å². The highest BCUT2D eigenvalue weighted by Gasteiger charge is 2.08. The number of nitrogens with zero attached hydrogens (tertiary/aromatic N) is 4. The lowest BCUT2D eigenvalue weighted by Crippen LogP contribution is -2.05. The van der Waals surface area contributed by atoms with Crippen molar-refractivity contribution in [3.05, 3.63) is 64.9 Å². The Morgan fingerprint density at radius 1 is 1.05 bits per heavy atom. The summed E-state index contributed by atoms with van der Waals surface area (Å²) in [5, 5.41) is 12.8. The number of tetrazole rings is 1. The van der Waals surface area contributed by atoms with E-state index in [1.165, 1.54) is 10.9 Å². The fourth-order valence-corrected chi connectivity index (χ4v) is 1.93. The van der Waals surface area contributed by atoms with Gasteiger partial charge in [-0.3, -0.25) is 0 Å². The minimum atomic E-state index is -0.280. The molecule has 0 amide bonds. The van der Waals surface area contributed by atoms with Crippen molar-refractivity contribution in [3.63, 3.8) is 0 Å². The molecule has 0 fully saturated rings. The Hall–Kier alpha value is -2.27. The fourth-order valence-electron chi connectivity index (χ4n) is 1.80. The Labute approximate surface area is 119 Å². The number of rotatable bonds is 3. The van der Waals surface area contributed by atoms with Crippen molar-refractivity contribution in [1.29, 1.82) is 0 Å². The maximum absolute atomic E-state index is 13.5. The molecule has 0 atom stereocenters. The quantitative estimate of drug-likeness (QED) is 0.743. The molecule has 0 spiro atoms. The van der Waals surface area contributed by atoms with Crippen LogP contribution in [0.1, 0.15) is 5.56 Å². The SMILES string of the molecule is Fc1ccccc1Cn1nnc(-c2ccc(Cl)cc2)n1. The van der Waals surface area contributed by atoms with Crippen LogP contribution in [0.3, 0.4) is 0 Å². The molecule has 0 N–H and O–H groups in total. The molecule has 0 bridgehead atoms. The highest BCUT2D eigenvalue weighted by molar-refractivity contribution is 6.30. The lowest BCUT2D eigenvalue weighted by molar-refractivity contribution is 0.539. The second kappa shape index (κ2) is 5.38. The normalized spacial score (nSPS) is 10.7. The summed E-state index contributed by atoms with van der Waals surface area (Å²) in [5.74, 6) is 0.204. The third-order valence-corrected chi connectivity index (χ3v) is 3.08. The molecule has 0 aliphatic heterocycles. The third kappa shape index (κ3) is 2.67. The molecule has 100 valence electrons. The molecule has 6 heteroatoms. The molecule has 0 aliphatic rings. The van der Waals surface area contributed by atoms with Crippen LogP contribution in [-0.4, -0.2) is 20.2 Å². The van der Waals surface area contributed by atoms with Crippen molar-refractivity contribution in [2.45, 2.75) is 6.54 Å². The molecule has 1 heterocycles. The van der Waals surface area contributed by atoms with Gasteiger partial charge in [-0.05, 0) is 35.5 Å². The fraction of sp³-hybridized carbons (Fsp3) is 0.0714. The van der Waals surface area contributed by atoms with Crippen LogP contribution >= 0.6 is 11.6 Å². The van der Waals surface area contributed by atoms with Gasteiger partial charge in [0.2, 0.25) is 5.82 Å². The van der Waals surface area contributed by atoms with Gasteiger partial charge in [0.25, 0.3) is 0 Å². The molecule has 0 radical (unpaired) electrons. The molecule has 3 aromatic rings. The van der Waals surface area contributed by atoms with Gasteiger partial charge in [0, 0.05) is 16.1 Å². The largest absolute Gasteiger partial charge is 0.207 e. The zero-order valence-electron chi connectivity index (χ0n) is 10.4. The smallest absolute Gasteiger partial charge is 0.204 e. The van der Waals surface area contributed by atoms with Crippen LogP contribution in [0.15, 0.2) is 48.5 Å². The minimum Gasteiger partial charge on any atom is -0.207 e. The minimum absolute atomic E-state index is 0.243. The van der Waals surface area contributed by atoms with E-state index in [9.17, 15) is 4.39 Å². The van der Waals surface area contributed by atoms with Gasteiger partial charge in [0.05, 0.1) is 6.54 Å². The molecule has 4 nitrogen and oxygen atoms in total. The van der Waals surface area contributed by atoms with E-state index in [0.717, 1.165) is 5.56 Å². The lowest BCUT2D eigenvalue weighted by Gasteiger charge is -2.00. The van der Waals surface area contributed by atoms with Gasteiger partial charge in [-0.1, -0.05) is 29.8 Å². The first-order valence-electron chi connectivity index (χ1n) is 5.99. The third-order valence-electron chi connectivity index (χ3n) is 2.82. The summed E-state index contributed by atoms with van der Waals surface area (Å²) >= 11 is 5.83. The average molecular weight is 289 g/mol. The van der Waals surface area contributed by atoms with E-state index in [0.29, 0.717) is 16.4 Å². The maximum atomic E-state index is 13.5. The van der Waals surface area contributed by atoms with Gasteiger partial charge in [0.15, 0.2) is 0 Å². The number of halogens is 2. The Balaban J connectivity index is 1.84. The first-order valence-corrected chi connectivity index (χ1v) is 6.37. The second-order valence-electron chi connectivity index (χ2n) is 4.24. The summed E-state index contributed by atoms with van der Waals surface area (Å²) in [7, 11) is 0. The molecule has 3 rings (SSSR count). The van der Waals surface area contributed by atoms with Gasteiger partial charge in [-0.2, -0.15) is 4.80 Å². The summed E-state index contributed by atoms with van der Waals surface area (Å²) in [6.07, 6.45) is 0. The number of benzene rings is 2. The van der Waals surface area contributed by atoms with Crippen LogP contribution < -0.4 is 0 Å². The summed E-state index contributed by atoms with van der Waals surface area (Å²) in [6, 6.07) is 13.7. The predicted molar refractivity (Wildman–Crippen MR) is 73.8 cm³/mol. The topological polar surface area (TPSA) is 43.6 Å². The number of hydrogen-bond donors (Lipinski definition) is 0. The molecule has 0 unspecified atom stereocenters. The van der Waals surface area contributed by atoms with Gasteiger partial charge in [0.1, 0.15) is 5.82 Å². The lowest BCUT2D eigenvalue weighted by atomic mass is 10.2. The zero-order valence-corrected chi connectivity index (χ0v) is 11.1. The second-order valence-corrected chi connectivity index (χ2v) is 4.68. The van der Waals surface area contributed by atoms with Crippen LogP contribution in [0.25, 0.3) is 11.4 Å². The summed E-state index contributed by atoms with van der Waals surface area (Å²) in [4.78, 5) is 1.36. The van der Waals surface area contributed by atoms with Crippen molar-refractivity contribution in [1.82, 2.24) is 20.2 Å². The molecule has 0 saturated heterocycles. The van der Waals surface area contributed by atoms with E-state index >= 15 is 0 Å². The van der Waals surface area contributed by atoms with Crippen LogP contribution in [-0.2, 0) is 6.54 Å². The van der Waals surface area contributed by atoms with Gasteiger partial charge < -0.3 is 0 Å². The molecule has 0 saturated carbocycles. The van der Waals surface area contributed by atoms with Crippen molar-refractivity contribution < 1.29 is 4.39 Å². The average Bonchev–Trinajstić information content (AvgIpc) is 2.91. The highest BCUT2D eigenvalue weighted by atomic mass is 35.5. The van der Waals surface area contributed by atoms with Crippen LogP contribution in [0.5, 0.6) is 0 Å². The van der Waals surface area contributed by atoms with E-state index < -0.39 is 0 Å². The van der Waals surface area contributed by atoms with Crippen molar-refractivity contribution in [2.24, 2.45) is 0 Å². The van der Waals surface area contributed by atoms with Crippen LogP contribution in [0.4, 0.5) is 4.39 Å². The summed E-state index contributed by atoms with van der Waals surface area (Å²) in [5.41, 5.74) is 1.33. The predicted octanol–water partition coefficient (Wildman–Crippen LogP) is 3.18. The van der Waals surface area contributed by atoms with E-state index in [2.05, 4.69) is 15.4 Å². The molecule has 0 aliphatic carbocycles. The van der Waals surface area contributed by atoms with Crippen molar-refractivity contribution in [2.75, 3.05) is 0 Å². The summed E-state index contributed by atoms with van der Waals surface area (Å²) < 4.78 is 13.5. The first kappa shape index (κ1) is 12.7. The highest BCUT2D eigenvalue weighted by Crippen LogP contribution is 2.17. The van der Waals surface area contributed by atoms with Crippen molar-refractivity contribution >= 4 is 11.6 Å². The Morgan fingerprint density at radius 2 is 1.80 bits per heavy atom. The Kier molecular flexibility index (Phi) is 3.43. The van der Waals surface area contributed by atoms with Crippen LogP contribution in [0.2, 0.25) is 5.02 Å². The number of aromatic nitrogens is 4. The van der Waals surface area contributed by atoms with Gasteiger partial charge in [-0.15, -0.1) is 10.2 Å². The Bertz CT molecular complexity index is 724. The monoisotopic (exact) mass is 288 g/mol. The van der Waals surface area contributed by atoms with E-state index in [-0.39, 0.29) is 12.4 Å². The standard InChI is InChI=1S/C14H10ClFN4/c15-12-7-5-10(6-8-12)14-17-19-20(18-14)9-11-3-1-2-4-13(11)16/h1-8H,9H2. The van der Waals surface area contributed by atoms with E-state index in [4.69, 9.17) is 11.6 Å². The van der Waals surface area contributed by atoms with Crippen LogP contribution in [0, 0.1) is 5.82 Å². The maximum Gasteiger partial charge on any atom is 0.204 e. The summed E-state index contributed by atoms with van der Waals surface area (Å²) in [6.45, 7) is 0.243. The van der Waals surface area contributed by atoms with Gasteiger partial charge in [-0.25, -0.2) is 4.39 Å². The molecule has 1 aromatic heterocycles. The van der Waals surface area contributed by atoms with Gasteiger partial charge >= 0.3 is 0 Å². The Morgan fingerprint density at radius 3 is 2.55 bits per heavy atom. The molecule has 2 aromatic carbocycles. The van der Waals surface area contributed by atoms with Crippen molar-refractivity contribution in [3.8, 4) is 11.4 Å². The zero-order chi connectivity index (χ0) is 13.9. The molecular weight excluding hydrogens is 279 g/mol. The molecule has 20 heavy (non-hydrogen) atoms.